The number of rotatable bonds is 7. The number of alkyl halides is 3. The summed E-state index contributed by atoms with van der Waals surface area (Å²) in [6.45, 7) is 2.39. The zero-order valence-corrected chi connectivity index (χ0v) is 19.1. The van der Waals surface area contributed by atoms with Crippen LogP contribution in [0.15, 0.2) is 41.4 Å². The third-order valence-corrected chi connectivity index (χ3v) is 4.06. The van der Waals surface area contributed by atoms with E-state index in [4.69, 9.17) is 9.47 Å². The molecule has 0 radical (unpaired) electrons. The van der Waals surface area contributed by atoms with Crippen molar-refractivity contribution in [1.82, 2.24) is 10.6 Å². The number of nitrogens with one attached hydrogen (secondary N) is 2. The van der Waals surface area contributed by atoms with Gasteiger partial charge >= 0.3 is 6.18 Å². The maximum absolute atomic E-state index is 13.3. The maximum Gasteiger partial charge on any atom is 0.416 e. The standard InChI is InChI=1S/C20H23F4N3O2.HI/c1-4-25-19(27-12-14-6-5-7-17(28-2)18(14)29-3)26-11-13-8-9-15(21)10-16(13)20(22,23)24;/h5-10H,4,11-12H2,1-3H3,(H2,25,26,27);1H. The number of para-hydroxylation sites is 1. The largest absolute Gasteiger partial charge is 0.493 e. The fourth-order valence-corrected chi connectivity index (χ4v) is 2.73. The van der Waals surface area contributed by atoms with E-state index in [-0.39, 0.29) is 42.6 Å². The van der Waals surface area contributed by atoms with Gasteiger partial charge in [-0.3, -0.25) is 0 Å². The Morgan fingerprint density at radius 1 is 1.03 bits per heavy atom. The summed E-state index contributed by atoms with van der Waals surface area (Å²) in [6, 6.07) is 7.96. The molecule has 0 saturated heterocycles. The molecule has 0 atom stereocenters. The highest BCUT2D eigenvalue weighted by Crippen LogP contribution is 2.33. The molecule has 0 bridgehead atoms. The van der Waals surface area contributed by atoms with E-state index in [1.165, 1.54) is 14.2 Å². The Kier molecular flexibility index (Phi) is 10.2. The van der Waals surface area contributed by atoms with Crippen LogP contribution in [0.25, 0.3) is 0 Å². The molecular formula is C20H24F4IN3O2. The van der Waals surface area contributed by atoms with Crippen molar-refractivity contribution in [1.29, 1.82) is 0 Å². The molecule has 2 rings (SSSR count). The van der Waals surface area contributed by atoms with Crippen molar-refractivity contribution in [3.05, 3.63) is 58.9 Å². The number of ether oxygens (including phenoxy) is 2. The van der Waals surface area contributed by atoms with Gasteiger partial charge in [-0.2, -0.15) is 13.2 Å². The molecule has 0 aliphatic heterocycles. The predicted molar refractivity (Wildman–Crippen MR) is 118 cm³/mol. The first-order chi connectivity index (χ1) is 13.8. The SMILES string of the molecule is CCNC(=NCc1cccc(OC)c1OC)NCc1ccc(F)cc1C(F)(F)F.I. The van der Waals surface area contributed by atoms with Crippen molar-refractivity contribution in [2.45, 2.75) is 26.2 Å². The van der Waals surface area contributed by atoms with Gasteiger partial charge in [0.1, 0.15) is 5.82 Å². The molecule has 0 unspecified atom stereocenters. The molecule has 30 heavy (non-hydrogen) atoms. The van der Waals surface area contributed by atoms with Gasteiger partial charge in [0.25, 0.3) is 0 Å². The summed E-state index contributed by atoms with van der Waals surface area (Å²) in [5, 5.41) is 5.82. The van der Waals surface area contributed by atoms with E-state index in [1.54, 1.807) is 12.1 Å². The molecule has 0 aliphatic carbocycles. The summed E-state index contributed by atoms with van der Waals surface area (Å²) >= 11 is 0. The minimum Gasteiger partial charge on any atom is -0.493 e. The van der Waals surface area contributed by atoms with Crippen LogP contribution in [-0.4, -0.2) is 26.7 Å². The zero-order chi connectivity index (χ0) is 21.4. The second-order valence-corrected chi connectivity index (χ2v) is 6.00. The van der Waals surface area contributed by atoms with Crippen LogP contribution >= 0.6 is 24.0 Å². The van der Waals surface area contributed by atoms with Crippen LogP contribution in [0.2, 0.25) is 0 Å². The van der Waals surface area contributed by atoms with Crippen LogP contribution in [0.4, 0.5) is 17.6 Å². The molecule has 0 spiro atoms. The molecule has 0 saturated carbocycles. The number of halogens is 5. The highest BCUT2D eigenvalue weighted by molar-refractivity contribution is 14.0. The summed E-state index contributed by atoms with van der Waals surface area (Å²) < 4.78 is 63.3. The fourth-order valence-electron chi connectivity index (χ4n) is 2.73. The van der Waals surface area contributed by atoms with Crippen molar-refractivity contribution in [2.24, 2.45) is 4.99 Å². The molecule has 2 aromatic carbocycles. The lowest BCUT2D eigenvalue weighted by atomic mass is 10.1. The average Bonchev–Trinajstić information content (AvgIpc) is 2.69. The van der Waals surface area contributed by atoms with Gasteiger partial charge in [0.05, 0.1) is 26.3 Å². The van der Waals surface area contributed by atoms with Crippen molar-refractivity contribution in [3.63, 3.8) is 0 Å². The van der Waals surface area contributed by atoms with Gasteiger partial charge in [0, 0.05) is 18.7 Å². The molecule has 0 amide bonds. The van der Waals surface area contributed by atoms with Crippen LogP contribution < -0.4 is 20.1 Å². The third-order valence-electron chi connectivity index (χ3n) is 4.06. The smallest absolute Gasteiger partial charge is 0.416 e. The number of aliphatic imine (C=N–C) groups is 1. The van der Waals surface area contributed by atoms with Gasteiger partial charge in [-0.15, -0.1) is 24.0 Å². The van der Waals surface area contributed by atoms with E-state index in [2.05, 4.69) is 15.6 Å². The summed E-state index contributed by atoms with van der Waals surface area (Å²) in [4.78, 5) is 4.40. The quantitative estimate of drug-likeness (QED) is 0.230. The topological polar surface area (TPSA) is 54.9 Å². The number of benzene rings is 2. The van der Waals surface area contributed by atoms with Gasteiger partial charge in [-0.05, 0) is 30.7 Å². The molecule has 0 heterocycles. The van der Waals surface area contributed by atoms with Crippen LogP contribution in [0, 0.1) is 5.82 Å². The van der Waals surface area contributed by atoms with E-state index in [1.807, 2.05) is 13.0 Å². The molecular weight excluding hydrogens is 517 g/mol. The van der Waals surface area contributed by atoms with E-state index in [9.17, 15) is 17.6 Å². The molecule has 5 nitrogen and oxygen atoms in total. The van der Waals surface area contributed by atoms with Crippen molar-refractivity contribution in [2.75, 3.05) is 20.8 Å². The first-order valence-electron chi connectivity index (χ1n) is 8.87. The number of methoxy groups -OCH3 is 2. The second kappa shape index (κ2) is 11.8. The molecule has 0 aliphatic rings. The normalized spacial score (nSPS) is 11.5. The Morgan fingerprint density at radius 2 is 1.77 bits per heavy atom. The summed E-state index contributed by atoms with van der Waals surface area (Å²) in [6.07, 6.45) is -4.65. The third kappa shape index (κ3) is 6.92. The Hall–Kier alpha value is -2.24. The highest BCUT2D eigenvalue weighted by Gasteiger charge is 2.33. The van der Waals surface area contributed by atoms with Crippen LogP contribution in [-0.2, 0) is 19.3 Å². The number of hydrogen-bond acceptors (Lipinski definition) is 3. The molecule has 166 valence electrons. The number of hydrogen-bond donors (Lipinski definition) is 2. The Morgan fingerprint density at radius 3 is 2.37 bits per heavy atom. The molecule has 10 heteroatoms. The Bertz CT molecular complexity index is 860. The Labute approximate surface area is 189 Å². The number of nitrogens with zero attached hydrogens (tertiary/aromatic N) is 1. The van der Waals surface area contributed by atoms with E-state index < -0.39 is 17.6 Å². The second-order valence-electron chi connectivity index (χ2n) is 6.00. The van der Waals surface area contributed by atoms with Crippen molar-refractivity contribution >= 4 is 29.9 Å². The van der Waals surface area contributed by atoms with Crippen molar-refractivity contribution in [3.8, 4) is 11.5 Å². The summed E-state index contributed by atoms with van der Waals surface area (Å²) in [5.74, 6) is 0.466. The molecule has 2 aromatic rings. The summed E-state index contributed by atoms with van der Waals surface area (Å²) in [7, 11) is 3.04. The minimum absolute atomic E-state index is 0. The minimum atomic E-state index is -4.65. The van der Waals surface area contributed by atoms with Gasteiger partial charge < -0.3 is 20.1 Å². The average molecular weight is 541 g/mol. The highest BCUT2D eigenvalue weighted by atomic mass is 127. The van der Waals surface area contributed by atoms with Gasteiger partial charge in [0.15, 0.2) is 17.5 Å². The predicted octanol–water partition coefficient (Wildman–Crippen LogP) is 4.74. The number of guanidine groups is 1. The first-order valence-corrected chi connectivity index (χ1v) is 8.87. The van der Waals surface area contributed by atoms with Gasteiger partial charge in [-0.1, -0.05) is 18.2 Å². The molecule has 2 N–H and O–H groups in total. The van der Waals surface area contributed by atoms with Gasteiger partial charge in [0.2, 0.25) is 0 Å². The lowest BCUT2D eigenvalue weighted by Crippen LogP contribution is -2.37. The lowest BCUT2D eigenvalue weighted by Gasteiger charge is -2.16. The van der Waals surface area contributed by atoms with Gasteiger partial charge in [-0.25, -0.2) is 9.38 Å². The monoisotopic (exact) mass is 541 g/mol. The maximum atomic E-state index is 13.3. The Balaban J connectivity index is 0.00000450. The van der Waals surface area contributed by atoms with E-state index >= 15 is 0 Å². The van der Waals surface area contributed by atoms with E-state index in [0.29, 0.717) is 30.1 Å². The fraction of sp³-hybridized carbons (Fsp3) is 0.350. The first kappa shape index (κ1) is 25.8. The molecule has 0 fully saturated rings. The molecule has 0 aromatic heterocycles. The zero-order valence-electron chi connectivity index (χ0n) is 16.8. The van der Waals surface area contributed by atoms with Crippen LogP contribution in [0.1, 0.15) is 23.6 Å². The van der Waals surface area contributed by atoms with Crippen LogP contribution in [0.3, 0.4) is 0 Å². The van der Waals surface area contributed by atoms with Crippen molar-refractivity contribution < 1.29 is 27.0 Å². The summed E-state index contributed by atoms with van der Waals surface area (Å²) in [5.41, 5.74) is -0.347. The van der Waals surface area contributed by atoms with E-state index in [0.717, 1.165) is 17.7 Å². The van der Waals surface area contributed by atoms with Crippen LogP contribution in [0.5, 0.6) is 11.5 Å². The lowest BCUT2D eigenvalue weighted by molar-refractivity contribution is -0.138.